The van der Waals surface area contributed by atoms with Crippen LogP contribution in [0.25, 0.3) is 0 Å². The van der Waals surface area contributed by atoms with E-state index in [2.05, 4.69) is 22.3 Å². The fourth-order valence-corrected chi connectivity index (χ4v) is 0.743. The zero-order valence-electron chi connectivity index (χ0n) is 7.38. The van der Waals surface area contributed by atoms with Gasteiger partial charge in [-0.2, -0.15) is 0 Å². The molecule has 0 atom stereocenters. The maximum absolute atomic E-state index is 5.37. The Hall–Kier alpha value is -0.610. The van der Waals surface area contributed by atoms with Gasteiger partial charge in [0.1, 0.15) is 0 Å². The number of nitrogens with one attached hydrogen (secondary N) is 1. The first-order valence-electron chi connectivity index (χ1n) is 3.84. The molecule has 0 amide bonds. The summed E-state index contributed by atoms with van der Waals surface area (Å²) in [7, 11) is 3.80. The number of likely N-dealkylation sites (N-methyl/N-ethyl adjacent to an activating group) is 1. The molecule has 0 unspecified atom stereocenters. The Morgan fingerprint density at radius 1 is 1.55 bits per heavy atom. The highest BCUT2D eigenvalue weighted by atomic mass is 15.1. The van der Waals surface area contributed by atoms with E-state index in [0.29, 0.717) is 0 Å². The summed E-state index contributed by atoms with van der Waals surface area (Å²) in [5, 5.41) is 3.05. The largest absolute Gasteiger partial charge is 0.375 e. The van der Waals surface area contributed by atoms with Crippen molar-refractivity contribution < 1.29 is 0 Å². The molecule has 0 fully saturated rings. The van der Waals surface area contributed by atoms with Gasteiger partial charge in [-0.1, -0.05) is 0 Å². The Balaban J connectivity index is 3.10. The van der Waals surface area contributed by atoms with Crippen LogP contribution in [0.2, 0.25) is 0 Å². The van der Waals surface area contributed by atoms with E-state index in [9.17, 15) is 0 Å². The third-order valence-electron chi connectivity index (χ3n) is 1.37. The van der Waals surface area contributed by atoms with Crippen molar-refractivity contribution in [1.82, 2.24) is 10.2 Å². The second-order valence-electron chi connectivity index (χ2n) is 2.43. The molecule has 4 nitrogen and oxygen atoms in total. The highest BCUT2D eigenvalue weighted by Crippen LogP contribution is 1.76. The van der Waals surface area contributed by atoms with Crippen LogP contribution in [0, 0.1) is 0 Å². The van der Waals surface area contributed by atoms with Crippen LogP contribution < -0.4 is 11.1 Å². The second-order valence-corrected chi connectivity index (χ2v) is 2.43. The van der Waals surface area contributed by atoms with E-state index in [1.807, 2.05) is 0 Å². The number of aliphatic imine (C=N–C) groups is 1. The van der Waals surface area contributed by atoms with Gasteiger partial charge >= 0.3 is 0 Å². The molecule has 0 rings (SSSR count). The van der Waals surface area contributed by atoms with Crippen molar-refractivity contribution in [2.24, 2.45) is 10.7 Å². The molecule has 0 spiro atoms. The molecule has 0 aliphatic heterocycles. The standard InChI is InChI=1S/C7H18N4/c1-9-7-10-4-6-11(2)5-3-8/h7H,3-6,8H2,1-2H3,(H,9,10). The summed E-state index contributed by atoms with van der Waals surface area (Å²) in [6, 6.07) is 0. The van der Waals surface area contributed by atoms with Crippen LogP contribution in [-0.4, -0.2) is 51.5 Å². The van der Waals surface area contributed by atoms with Crippen LogP contribution in [0.4, 0.5) is 0 Å². The van der Waals surface area contributed by atoms with Crippen LogP contribution in [0.3, 0.4) is 0 Å². The summed E-state index contributed by atoms with van der Waals surface area (Å²) in [5.41, 5.74) is 5.37. The Labute approximate surface area is 68.5 Å². The molecule has 0 heterocycles. The summed E-state index contributed by atoms with van der Waals surface area (Å²) < 4.78 is 0. The maximum atomic E-state index is 5.37. The van der Waals surface area contributed by atoms with E-state index in [1.165, 1.54) is 0 Å². The van der Waals surface area contributed by atoms with Crippen LogP contribution in [0.1, 0.15) is 0 Å². The van der Waals surface area contributed by atoms with Gasteiger partial charge in [0.15, 0.2) is 0 Å². The zero-order chi connectivity index (χ0) is 8.53. The number of hydrogen-bond acceptors (Lipinski definition) is 3. The fraction of sp³-hybridized carbons (Fsp3) is 0.857. The normalized spacial score (nSPS) is 11.3. The third-order valence-corrected chi connectivity index (χ3v) is 1.37. The summed E-state index contributed by atoms with van der Waals surface area (Å²) in [6.45, 7) is 3.60. The minimum Gasteiger partial charge on any atom is -0.375 e. The molecule has 0 saturated carbocycles. The molecular weight excluding hydrogens is 140 g/mol. The second kappa shape index (κ2) is 7.50. The van der Waals surface area contributed by atoms with Gasteiger partial charge in [0.2, 0.25) is 0 Å². The molecule has 0 aromatic heterocycles. The van der Waals surface area contributed by atoms with Crippen LogP contribution in [-0.2, 0) is 0 Å². The van der Waals surface area contributed by atoms with Crippen molar-refractivity contribution in [3.8, 4) is 0 Å². The number of hydrogen-bond donors (Lipinski definition) is 2. The Morgan fingerprint density at radius 2 is 2.27 bits per heavy atom. The highest BCUT2D eigenvalue weighted by Gasteiger charge is 1.92. The van der Waals surface area contributed by atoms with E-state index in [1.54, 1.807) is 13.4 Å². The predicted molar refractivity (Wildman–Crippen MR) is 49.0 cm³/mol. The van der Waals surface area contributed by atoms with Gasteiger partial charge in [-0.15, -0.1) is 0 Å². The topological polar surface area (TPSA) is 53.7 Å². The van der Waals surface area contributed by atoms with Crippen LogP contribution >= 0.6 is 0 Å². The maximum Gasteiger partial charge on any atom is 0.0820 e. The third kappa shape index (κ3) is 7.29. The molecule has 0 bridgehead atoms. The van der Waals surface area contributed by atoms with E-state index < -0.39 is 0 Å². The number of rotatable bonds is 6. The van der Waals surface area contributed by atoms with Gasteiger partial charge in [0, 0.05) is 33.2 Å². The van der Waals surface area contributed by atoms with Crippen molar-refractivity contribution in [3.63, 3.8) is 0 Å². The van der Waals surface area contributed by atoms with Crippen molar-refractivity contribution in [2.75, 3.05) is 40.3 Å². The summed E-state index contributed by atoms with van der Waals surface area (Å²) in [4.78, 5) is 5.98. The first kappa shape index (κ1) is 10.4. The first-order chi connectivity index (χ1) is 5.31. The zero-order valence-corrected chi connectivity index (χ0v) is 7.38. The van der Waals surface area contributed by atoms with Gasteiger partial charge in [0.05, 0.1) is 6.34 Å². The molecule has 3 N–H and O–H groups in total. The van der Waals surface area contributed by atoms with E-state index in [4.69, 9.17) is 5.73 Å². The van der Waals surface area contributed by atoms with Crippen molar-refractivity contribution in [3.05, 3.63) is 0 Å². The van der Waals surface area contributed by atoms with Gasteiger partial charge in [-0.25, -0.2) is 0 Å². The van der Waals surface area contributed by atoms with Gasteiger partial charge in [-0.05, 0) is 7.05 Å². The lowest BCUT2D eigenvalue weighted by Gasteiger charge is -2.14. The smallest absolute Gasteiger partial charge is 0.0820 e. The average Bonchev–Trinajstić information content (AvgIpc) is 1.99. The van der Waals surface area contributed by atoms with E-state index >= 15 is 0 Å². The van der Waals surface area contributed by atoms with Gasteiger partial charge in [0.25, 0.3) is 0 Å². The van der Waals surface area contributed by atoms with Crippen molar-refractivity contribution >= 4 is 6.34 Å². The quantitative estimate of drug-likeness (QED) is 0.300. The van der Waals surface area contributed by atoms with Crippen molar-refractivity contribution in [2.45, 2.75) is 0 Å². The Kier molecular flexibility index (Phi) is 7.08. The Morgan fingerprint density at radius 3 is 2.82 bits per heavy atom. The Bertz CT molecular complexity index is 103. The van der Waals surface area contributed by atoms with Gasteiger partial charge < -0.3 is 16.0 Å². The predicted octanol–water partition coefficient (Wildman–Crippen LogP) is -0.875. The van der Waals surface area contributed by atoms with Gasteiger partial charge in [-0.3, -0.25) is 4.99 Å². The molecule has 0 aliphatic rings. The minimum atomic E-state index is 0.721. The van der Waals surface area contributed by atoms with Crippen molar-refractivity contribution in [1.29, 1.82) is 0 Å². The molecule has 0 aromatic rings. The first-order valence-corrected chi connectivity index (χ1v) is 3.84. The average molecular weight is 158 g/mol. The SMILES string of the molecule is CN=CNCCN(C)CCN. The lowest BCUT2D eigenvalue weighted by Crippen LogP contribution is -2.32. The molecule has 0 aliphatic carbocycles. The highest BCUT2D eigenvalue weighted by molar-refractivity contribution is 5.53. The molecule has 4 heteroatoms. The lowest BCUT2D eigenvalue weighted by molar-refractivity contribution is 0.348. The molecule has 0 radical (unpaired) electrons. The monoisotopic (exact) mass is 158 g/mol. The molecule has 0 saturated heterocycles. The fourth-order valence-electron chi connectivity index (χ4n) is 0.743. The van der Waals surface area contributed by atoms with E-state index in [0.717, 1.165) is 26.2 Å². The molecule has 66 valence electrons. The summed E-state index contributed by atoms with van der Waals surface area (Å²) >= 11 is 0. The molecular formula is C7H18N4. The number of nitrogens with zero attached hydrogens (tertiary/aromatic N) is 2. The molecule has 0 aromatic carbocycles. The lowest BCUT2D eigenvalue weighted by atomic mass is 10.5. The molecule has 11 heavy (non-hydrogen) atoms. The number of nitrogens with two attached hydrogens (primary N) is 1. The van der Waals surface area contributed by atoms with Crippen LogP contribution in [0.5, 0.6) is 0 Å². The minimum absolute atomic E-state index is 0.721. The van der Waals surface area contributed by atoms with E-state index in [-0.39, 0.29) is 0 Å². The summed E-state index contributed by atoms with van der Waals surface area (Å²) in [5.74, 6) is 0. The van der Waals surface area contributed by atoms with Crippen LogP contribution in [0.15, 0.2) is 4.99 Å². The summed E-state index contributed by atoms with van der Waals surface area (Å²) in [6.07, 6.45) is 1.70.